The summed E-state index contributed by atoms with van der Waals surface area (Å²) in [5.41, 5.74) is 5.96. The normalized spacial score (nSPS) is 20.6. The molecule has 1 saturated heterocycles. The molecule has 3 rings (SSSR count). The Bertz CT molecular complexity index is 589. The van der Waals surface area contributed by atoms with Crippen molar-refractivity contribution in [1.82, 2.24) is 14.9 Å². The topological polar surface area (TPSA) is 64.3 Å². The van der Waals surface area contributed by atoms with Crippen molar-refractivity contribution in [2.45, 2.75) is 18.2 Å². The van der Waals surface area contributed by atoms with Crippen LogP contribution < -0.4 is 5.73 Å². The number of anilines is 1. The highest BCUT2D eigenvalue weighted by Gasteiger charge is 2.20. The van der Waals surface area contributed by atoms with Crippen LogP contribution in [0.1, 0.15) is 6.92 Å². The van der Waals surface area contributed by atoms with E-state index in [4.69, 9.17) is 10.5 Å². The third-order valence-corrected chi connectivity index (χ3v) is 5.19. The first-order chi connectivity index (χ1) is 9.76. The third kappa shape index (κ3) is 3.06. The van der Waals surface area contributed by atoms with Crippen LogP contribution in [-0.2, 0) is 4.74 Å². The highest BCUT2D eigenvalue weighted by atomic mass is 32.2. The molecule has 0 amide bonds. The zero-order valence-electron chi connectivity index (χ0n) is 11.4. The van der Waals surface area contributed by atoms with Gasteiger partial charge in [-0.25, -0.2) is 9.97 Å². The molecule has 108 valence electrons. The summed E-state index contributed by atoms with van der Waals surface area (Å²) in [6.07, 6.45) is 0.248. The van der Waals surface area contributed by atoms with Crippen molar-refractivity contribution in [3.8, 4) is 0 Å². The molecule has 1 aliphatic heterocycles. The lowest BCUT2D eigenvalue weighted by Crippen LogP contribution is -2.43. The third-order valence-electron chi connectivity index (χ3n) is 3.40. The monoisotopic (exact) mass is 310 g/mol. The van der Waals surface area contributed by atoms with E-state index in [-0.39, 0.29) is 6.10 Å². The lowest BCUT2D eigenvalue weighted by Gasteiger charge is -2.31. The van der Waals surface area contributed by atoms with E-state index >= 15 is 0 Å². The van der Waals surface area contributed by atoms with E-state index in [1.807, 2.05) is 11.4 Å². The van der Waals surface area contributed by atoms with Gasteiger partial charge >= 0.3 is 0 Å². The van der Waals surface area contributed by atoms with Crippen LogP contribution in [0, 0.1) is 0 Å². The number of morpholine rings is 1. The maximum Gasteiger partial charge on any atom is 0.190 e. The van der Waals surface area contributed by atoms with Crippen LogP contribution in [0.15, 0.2) is 16.6 Å². The Balaban J connectivity index is 1.64. The minimum absolute atomic E-state index is 0.248. The number of hydrogen-bond donors (Lipinski definition) is 1. The van der Waals surface area contributed by atoms with Crippen molar-refractivity contribution in [3.05, 3.63) is 11.4 Å². The molecule has 7 heteroatoms. The van der Waals surface area contributed by atoms with Crippen LogP contribution in [0.25, 0.3) is 10.2 Å². The Morgan fingerprint density at radius 3 is 3.30 bits per heavy atom. The summed E-state index contributed by atoms with van der Waals surface area (Å²) < 4.78 is 5.79. The quantitative estimate of drug-likeness (QED) is 0.689. The van der Waals surface area contributed by atoms with Crippen molar-refractivity contribution >= 4 is 39.1 Å². The molecule has 0 aliphatic carbocycles. The summed E-state index contributed by atoms with van der Waals surface area (Å²) in [6, 6.07) is 1.97. The summed E-state index contributed by atoms with van der Waals surface area (Å²) in [5.74, 6) is 1.44. The van der Waals surface area contributed by atoms with Crippen LogP contribution in [0.3, 0.4) is 0 Å². The number of thioether (sulfide) groups is 1. The molecule has 0 aromatic carbocycles. The van der Waals surface area contributed by atoms with Gasteiger partial charge in [0, 0.05) is 18.8 Å². The first-order valence-electron chi connectivity index (χ1n) is 6.73. The second-order valence-corrected chi connectivity index (χ2v) is 6.61. The van der Waals surface area contributed by atoms with Gasteiger partial charge < -0.3 is 10.5 Å². The Hall–Kier alpha value is -0.890. The number of nitrogen functional groups attached to an aromatic ring is 1. The van der Waals surface area contributed by atoms with Crippen LogP contribution >= 0.6 is 23.1 Å². The number of fused-ring (bicyclic) bond motifs is 1. The molecular formula is C13H18N4OS2. The molecule has 2 aromatic rings. The minimum Gasteiger partial charge on any atom is -0.383 e. The molecule has 0 saturated carbocycles. The summed E-state index contributed by atoms with van der Waals surface area (Å²) in [4.78, 5) is 12.3. The highest BCUT2D eigenvalue weighted by Crippen LogP contribution is 2.27. The Labute approximate surface area is 126 Å². The van der Waals surface area contributed by atoms with E-state index in [2.05, 4.69) is 21.8 Å². The smallest absolute Gasteiger partial charge is 0.190 e. The number of thiophene rings is 1. The van der Waals surface area contributed by atoms with Gasteiger partial charge in [0.15, 0.2) is 5.16 Å². The number of ether oxygens (including phenoxy) is 1. The van der Waals surface area contributed by atoms with Gasteiger partial charge in [-0.2, -0.15) is 0 Å². The lowest BCUT2D eigenvalue weighted by atomic mass is 10.3. The maximum absolute atomic E-state index is 5.96. The fraction of sp³-hybridized carbons (Fsp3) is 0.538. The summed E-state index contributed by atoms with van der Waals surface area (Å²) in [7, 11) is 0. The van der Waals surface area contributed by atoms with Crippen molar-refractivity contribution in [3.63, 3.8) is 0 Å². The lowest BCUT2D eigenvalue weighted by molar-refractivity contribution is -0.0137. The molecule has 2 aromatic heterocycles. The van der Waals surface area contributed by atoms with Gasteiger partial charge in [0.2, 0.25) is 0 Å². The Morgan fingerprint density at radius 1 is 1.55 bits per heavy atom. The van der Waals surface area contributed by atoms with E-state index < -0.39 is 0 Å². The Kier molecular flexibility index (Phi) is 4.40. The second-order valence-electron chi connectivity index (χ2n) is 4.73. The zero-order chi connectivity index (χ0) is 13.9. The van der Waals surface area contributed by atoms with Crippen LogP contribution in [0.2, 0.25) is 0 Å². The highest BCUT2D eigenvalue weighted by molar-refractivity contribution is 7.99. The molecule has 3 heterocycles. The van der Waals surface area contributed by atoms with Gasteiger partial charge in [0.05, 0.1) is 18.1 Å². The number of hydrogen-bond acceptors (Lipinski definition) is 7. The van der Waals surface area contributed by atoms with Crippen LogP contribution in [-0.4, -0.2) is 53.0 Å². The fourth-order valence-corrected chi connectivity index (χ4v) is 3.94. The molecule has 20 heavy (non-hydrogen) atoms. The first-order valence-corrected chi connectivity index (χ1v) is 8.60. The molecule has 1 unspecified atom stereocenters. The molecule has 5 nitrogen and oxygen atoms in total. The second kappa shape index (κ2) is 6.26. The zero-order valence-corrected chi connectivity index (χ0v) is 13.0. The predicted octanol–water partition coefficient (Wildman–Crippen LogP) is 2.09. The Morgan fingerprint density at radius 2 is 2.45 bits per heavy atom. The van der Waals surface area contributed by atoms with E-state index in [1.54, 1.807) is 23.1 Å². The molecule has 0 radical (unpaired) electrons. The van der Waals surface area contributed by atoms with Gasteiger partial charge in [-0.15, -0.1) is 11.3 Å². The van der Waals surface area contributed by atoms with Crippen molar-refractivity contribution < 1.29 is 4.74 Å². The molecule has 1 atom stereocenters. The predicted molar refractivity (Wildman–Crippen MR) is 84.4 cm³/mol. The van der Waals surface area contributed by atoms with Gasteiger partial charge in [-0.05, 0) is 18.0 Å². The average molecular weight is 310 g/mol. The molecule has 2 N–H and O–H groups in total. The van der Waals surface area contributed by atoms with E-state index in [9.17, 15) is 0 Å². The van der Waals surface area contributed by atoms with E-state index in [0.29, 0.717) is 5.82 Å². The first kappa shape index (κ1) is 14.1. The molecular weight excluding hydrogens is 292 g/mol. The molecule has 1 aliphatic rings. The fourth-order valence-electron chi connectivity index (χ4n) is 2.26. The number of likely N-dealkylation sites (N-methyl/N-ethyl adjacent to an activating group) is 1. The van der Waals surface area contributed by atoms with Gasteiger partial charge in [0.1, 0.15) is 10.6 Å². The van der Waals surface area contributed by atoms with Gasteiger partial charge in [0.25, 0.3) is 0 Å². The maximum atomic E-state index is 5.96. The van der Waals surface area contributed by atoms with Crippen LogP contribution in [0.4, 0.5) is 5.82 Å². The number of aromatic nitrogens is 2. The summed E-state index contributed by atoms with van der Waals surface area (Å²) in [6.45, 7) is 6.09. The number of rotatable bonds is 4. The average Bonchev–Trinajstić information content (AvgIpc) is 2.94. The molecule has 0 bridgehead atoms. The van der Waals surface area contributed by atoms with E-state index in [0.717, 1.165) is 47.4 Å². The SMILES string of the molecule is CCN1CCOC(CSc2nc(N)c3ccsc3n2)C1. The minimum atomic E-state index is 0.248. The van der Waals surface area contributed by atoms with Gasteiger partial charge in [-0.3, -0.25) is 4.90 Å². The molecule has 1 fully saturated rings. The van der Waals surface area contributed by atoms with Gasteiger partial charge in [-0.1, -0.05) is 18.7 Å². The number of nitrogens with two attached hydrogens (primary N) is 1. The van der Waals surface area contributed by atoms with Crippen molar-refractivity contribution in [1.29, 1.82) is 0 Å². The van der Waals surface area contributed by atoms with E-state index in [1.165, 1.54) is 0 Å². The number of nitrogens with zero attached hydrogens (tertiary/aromatic N) is 3. The molecule has 0 spiro atoms. The summed E-state index contributed by atoms with van der Waals surface area (Å²) in [5, 5.41) is 3.69. The van der Waals surface area contributed by atoms with Crippen LogP contribution in [0.5, 0.6) is 0 Å². The van der Waals surface area contributed by atoms with Crippen molar-refractivity contribution in [2.75, 3.05) is 37.7 Å². The standard InChI is InChI=1S/C13H18N4OS2/c1-2-17-4-5-18-9(7-17)8-20-13-15-11(14)10-3-6-19-12(10)16-13/h3,6,9H,2,4-5,7-8H2,1H3,(H2,14,15,16). The largest absolute Gasteiger partial charge is 0.383 e. The van der Waals surface area contributed by atoms with Crippen molar-refractivity contribution in [2.24, 2.45) is 0 Å². The summed E-state index contributed by atoms with van der Waals surface area (Å²) >= 11 is 3.22.